The van der Waals surface area contributed by atoms with Crippen molar-refractivity contribution >= 4 is 39.5 Å². The molecule has 0 bridgehead atoms. The van der Waals surface area contributed by atoms with Gasteiger partial charge in [-0.15, -0.1) is 0 Å². The predicted octanol–water partition coefficient (Wildman–Crippen LogP) is 25.1. The van der Waals surface area contributed by atoms with Gasteiger partial charge in [-0.2, -0.15) is 0 Å². The second kappa shape index (κ2) is 74.5. The smallest absolute Gasteiger partial charge is 0.462 e. The number of phosphoric ester groups is 2. The van der Waals surface area contributed by atoms with Crippen molar-refractivity contribution in [3.05, 3.63) is 0 Å². The molecular weight excluding hydrogens is 1330 g/mol. The number of aliphatic hydroxyl groups is 1. The average molecular weight is 1490 g/mol. The summed E-state index contributed by atoms with van der Waals surface area (Å²) in [5.74, 6) is -0.457. The lowest BCUT2D eigenvalue weighted by Crippen LogP contribution is -2.30. The molecule has 0 aromatic heterocycles. The van der Waals surface area contributed by atoms with Crippen LogP contribution >= 0.6 is 15.6 Å². The van der Waals surface area contributed by atoms with Crippen LogP contribution in [0.15, 0.2) is 0 Å². The molecule has 3 unspecified atom stereocenters. The molecule has 0 spiro atoms. The van der Waals surface area contributed by atoms with Crippen molar-refractivity contribution in [1.29, 1.82) is 0 Å². The Morgan fingerprint density at radius 2 is 0.500 bits per heavy atom. The van der Waals surface area contributed by atoms with Crippen molar-refractivity contribution in [2.24, 2.45) is 11.8 Å². The lowest BCUT2D eigenvalue weighted by atomic mass is 9.99. The monoisotopic (exact) mass is 1490 g/mol. The number of unbranched alkanes of at least 4 members (excludes halogenated alkanes) is 51. The van der Waals surface area contributed by atoms with Crippen molar-refractivity contribution in [2.45, 2.75) is 458 Å². The molecule has 0 heterocycles. The van der Waals surface area contributed by atoms with Crippen LogP contribution in [0.1, 0.15) is 440 Å². The molecule has 0 aliphatic rings. The van der Waals surface area contributed by atoms with Gasteiger partial charge in [-0.05, 0) is 37.5 Å². The highest BCUT2D eigenvalue weighted by Crippen LogP contribution is 2.45. The third-order valence-electron chi connectivity index (χ3n) is 19.8. The summed E-state index contributed by atoms with van der Waals surface area (Å²) in [7, 11) is -9.92. The van der Waals surface area contributed by atoms with E-state index in [2.05, 4.69) is 41.5 Å². The zero-order chi connectivity index (χ0) is 74.9. The van der Waals surface area contributed by atoms with E-state index in [1.165, 1.54) is 244 Å². The molecule has 0 aliphatic carbocycles. The molecule has 0 saturated carbocycles. The van der Waals surface area contributed by atoms with Gasteiger partial charge in [0.1, 0.15) is 19.3 Å². The molecule has 19 heteroatoms. The van der Waals surface area contributed by atoms with Crippen LogP contribution in [-0.2, 0) is 65.4 Å². The van der Waals surface area contributed by atoms with E-state index in [1.807, 2.05) is 0 Å². The van der Waals surface area contributed by atoms with Crippen LogP contribution in [0.25, 0.3) is 0 Å². The summed E-state index contributed by atoms with van der Waals surface area (Å²) in [6.07, 6.45) is 65.3. The highest BCUT2D eigenvalue weighted by molar-refractivity contribution is 7.47. The molecule has 102 heavy (non-hydrogen) atoms. The largest absolute Gasteiger partial charge is 0.472 e. The molecular formula is C83H162O17P2. The normalized spacial score (nSPS) is 14.1. The number of carbonyl (C=O) groups is 4. The molecule has 3 N–H and O–H groups in total. The van der Waals surface area contributed by atoms with Crippen molar-refractivity contribution in [2.75, 3.05) is 39.6 Å². The number of rotatable bonds is 82. The average Bonchev–Trinajstić information content (AvgIpc) is 0.914. The fourth-order valence-corrected chi connectivity index (χ4v) is 14.4. The van der Waals surface area contributed by atoms with Crippen LogP contribution in [-0.4, -0.2) is 96.7 Å². The zero-order valence-corrected chi connectivity index (χ0v) is 68.7. The molecule has 606 valence electrons. The number of aliphatic hydroxyl groups excluding tert-OH is 1. The number of ether oxygens (including phenoxy) is 4. The Kier molecular flexibility index (Phi) is 73.1. The Bertz CT molecular complexity index is 1960. The maximum Gasteiger partial charge on any atom is 0.472 e. The topological polar surface area (TPSA) is 237 Å². The summed E-state index contributed by atoms with van der Waals surface area (Å²) < 4.78 is 68.7. The second-order valence-corrected chi connectivity index (χ2v) is 33.5. The lowest BCUT2D eigenvalue weighted by molar-refractivity contribution is -0.161. The first-order valence-corrected chi connectivity index (χ1v) is 46.0. The van der Waals surface area contributed by atoms with Crippen molar-refractivity contribution in [1.82, 2.24) is 0 Å². The van der Waals surface area contributed by atoms with E-state index in [4.69, 9.17) is 37.0 Å². The molecule has 0 fully saturated rings. The first-order valence-electron chi connectivity index (χ1n) is 43.0. The van der Waals surface area contributed by atoms with Crippen LogP contribution in [0, 0.1) is 11.8 Å². The first kappa shape index (κ1) is 100. The van der Waals surface area contributed by atoms with Gasteiger partial charge in [0.15, 0.2) is 12.2 Å². The Balaban J connectivity index is 5.17. The van der Waals surface area contributed by atoms with E-state index in [1.54, 1.807) is 0 Å². The fraction of sp³-hybridized carbons (Fsp3) is 0.952. The Morgan fingerprint density at radius 3 is 0.745 bits per heavy atom. The van der Waals surface area contributed by atoms with Gasteiger partial charge in [-0.3, -0.25) is 37.3 Å². The number of carbonyl (C=O) groups excluding carboxylic acids is 4. The van der Waals surface area contributed by atoms with Gasteiger partial charge in [0.25, 0.3) is 0 Å². The number of phosphoric acid groups is 2. The van der Waals surface area contributed by atoms with Gasteiger partial charge in [-0.25, -0.2) is 9.13 Å². The standard InChI is InChI=1S/C83H162O17P2/c1-7-10-12-14-16-17-18-19-20-21-22-23-26-33-38-43-49-55-61-68-83(88)100-79(72-94-81(86)66-60-54-48-42-37-32-27-24-25-30-35-40-46-51-57-63-75(4)5)74-98-102(91,92)96-70-77(84)69-95-101(89,90)97-73-78(71-93-80(85)65-59-53-45-15-13-11-8-2)99-82(87)67-62-56-50-44-39-34-29-28-31-36-41-47-52-58-64-76(6)9-3/h75-79,84H,7-74H2,1-6H3,(H,89,90)(H,91,92)/t76?,77-,78+,79+/m0/s1. The number of esters is 4. The summed E-state index contributed by atoms with van der Waals surface area (Å²) >= 11 is 0. The first-order chi connectivity index (χ1) is 49.4. The van der Waals surface area contributed by atoms with Crippen LogP contribution in [0.3, 0.4) is 0 Å². The SMILES string of the molecule is CCCCCCCCCCCCCCCCCCCCCC(=O)O[C@H](COC(=O)CCCCCCCCCCCCCCCCCC(C)C)COP(=O)(O)OC[C@@H](O)COP(=O)(O)OC[C@@H](COC(=O)CCCCCCCCC)OC(=O)CCCCCCCCCCCCCCCCC(C)CC. The van der Waals surface area contributed by atoms with Crippen LogP contribution in [0.5, 0.6) is 0 Å². The second-order valence-electron chi connectivity index (χ2n) is 30.6. The highest BCUT2D eigenvalue weighted by Gasteiger charge is 2.30. The summed E-state index contributed by atoms with van der Waals surface area (Å²) in [6, 6.07) is 0. The maximum absolute atomic E-state index is 13.1. The molecule has 0 rings (SSSR count). The van der Waals surface area contributed by atoms with E-state index in [-0.39, 0.29) is 25.7 Å². The molecule has 0 aliphatic heterocycles. The maximum atomic E-state index is 13.1. The summed E-state index contributed by atoms with van der Waals surface area (Å²) in [6.45, 7) is 9.69. The minimum atomic E-state index is -4.96. The van der Waals surface area contributed by atoms with Crippen LogP contribution < -0.4 is 0 Å². The van der Waals surface area contributed by atoms with Gasteiger partial charge in [-0.1, -0.05) is 388 Å². The van der Waals surface area contributed by atoms with Crippen molar-refractivity contribution in [3.8, 4) is 0 Å². The Morgan fingerprint density at radius 1 is 0.284 bits per heavy atom. The Labute approximate surface area is 626 Å². The molecule has 0 amide bonds. The van der Waals surface area contributed by atoms with Gasteiger partial charge >= 0.3 is 39.5 Å². The minimum Gasteiger partial charge on any atom is -0.462 e. The van der Waals surface area contributed by atoms with Crippen LogP contribution in [0.4, 0.5) is 0 Å². The van der Waals surface area contributed by atoms with Crippen molar-refractivity contribution < 1.29 is 80.2 Å². The van der Waals surface area contributed by atoms with Gasteiger partial charge in [0.2, 0.25) is 0 Å². The van der Waals surface area contributed by atoms with E-state index in [9.17, 15) is 43.2 Å². The third kappa shape index (κ3) is 74.9. The summed E-state index contributed by atoms with van der Waals surface area (Å²) in [5.41, 5.74) is 0. The summed E-state index contributed by atoms with van der Waals surface area (Å²) in [4.78, 5) is 73.0. The quantitative estimate of drug-likeness (QED) is 0.0222. The third-order valence-corrected chi connectivity index (χ3v) is 21.7. The van der Waals surface area contributed by atoms with Crippen molar-refractivity contribution in [3.63, 3.8) is 0 Å². The lowest BCUT2D eigenvalue weighted by Gasteiger charge is -2.21. The van der Waals surface area contributed by atoms with Gasteiger partial charge < -0.3 is 33.8 Å². The van der Waals surface area contributed by atoms with Gasteiger partial charge in [0.05, 0.1) is 26.4 Å². The number of hydrogen-bond donors (Lipinski definition) is 3. The molecule has 6 atom stereocenters. The molecule has 17 nitrogen and oxygen atoms in total. The highest BCUT2D eigenvalue weighted by atomic mass is 31.2. The molecule has 0 aromatic carbocycles. The molecule has 0 aromatic rings. The van der Waals surface area contributed by atoms with Crippen LogP contribution in [0.2, 0.25) is 0 Å². The minimum absolute atomic E-state index is 0.108. The predicted molar refractivity (Wildman–Crippen MR) is 418 cm³/mol. The fourth-order valence-electron chi connectivity index (χ4n) is 12.9. The number of hydrogen-bond acceptors (Lipinski definition) is 15. The van der Waals surface area contributed by atoms with E-state index >= 15 is 0 Å². The summed E-state index contributed by atoms with van der Waals surface area (Å²) in [5, 5.41) is 10.6. The van der Waals surface area contributed by atoms with E-state index < -0.39 is 97.5 Å². The zero-order valence-electron chi connectivity index (χ0n) is 66.9. The molecule has 0 saturated heterocycles. The van der Waals surface area contributed by atoms with Gasteiger partial charge in [0, 0.05) is 25.7 Å². The van der Waals surface area contributed by atoms with E-state index in [0.717, 1.165) is 115 Å². The van der Waals surface area contributed by atoms with E-state index in [0.29, 0.717) is 25.7 Å². The molecule has 0 radical (unpaired) electrons. The Hall–Kier alpha value is -1.94.